The summed E-state index contributed by atoms with van der Waals surface area (Å²) in [4.78, 5) is 14.8. The van der Waals surface area contributed by atoms with Crippen LogP contribution in [0.5, 0.6) is 0 Å². The van der Waals surface area contributed by atoms with Crippen molar-refractivity contribution < 1.29 is 0 Å². The van der Waals surface area contributed by atoms with Gasteiger partial charge in [0.05, 0.1) is 0 Å². The molecule has 0 unspecified atom stereocenters. The van der Waals surface area contributed by atoms with Crippen LogP contribution in [0.15, 0.2) is 133 Å². The minimum absolute atomic E-state index is 0.629. The van der Waals surface area contributed by atoms with E-state index < -0.39 is 0 Å². The zero-order valence-corrected chi connectivity index (χ0v) is 20.7. The van der Waals surface area contributed by atoms with Crippen LogP contribution < -0.4 is 0 Å². The summed E-state index contributed by atoms with van der Waals surface area (Å²) < 4.78 is 0. The largest absolute Gasteiger partial charge is 0.208 e. The van der Waals surface area contributed by atoms with Crippen molar-refractivity contribution in [1.29, 1.82) is 0 Å². The Morgan fingerprint density at radius 1 is 0.351 bits per heavy atom. The second kappa shape index (κ2) is 10.2. The average molecular weight is 496 g/mol. The van der Waals surface area contributed by atoms with Crippen molar-refractivity contribution in [2.24, 2.45) is 0 Å². The van der Waals surface area contributed by atoms with Gasteiger partial charge in [-0.2, -0.15) is 0 Å². The monoisotopic (exact) mass is 495 g/mol. The molecule has 0 aliphatic heterocycles. The van der Waals surface area contributed by atoms with Crippen LogP contribution in [0.1, 0.15) is 0 Å². The molecule has 1 aromatic heterocycles. The highest BCUT2D eigenvalue weighted by Gasteiger charge is 2.15. The molecule has 4 heteroatoms. The fraction of sp³-hybridized carbons (Fsp3) is 0. The zero-order valence-electron chi connectivity index (χ0n) is 19.9. The average Bonchev–Trinajstić information content (AvgIpc) is 2.98. The number of rotatable bonds is 5. The van der Waals surface area contributed by atoms with Crippen LogP contribution in [0.2, 0.25) is 5.02 Å². The van der Waals surface area contributed by atoms with Gasteiger partial charge in [-0.05, 0) is 34.4 Å². The summed E-state index contributed by atoms with van der Waals surface area (Å²) in [5, 5.41) is 0.716. The van der Waals surface area contributed by atoms with Crippen LogP contribution in [0.4, 0.5) is 0 Å². The molecule has 0 saturated heterocycles. The molecule has 0 fully saturated rings. The van der Waals surface area contributed by atoms with Crippen LogP contribution in [-0.2, 0) is 0 Å². The molecule has 0 aliphatic rings. The van der Waals surface area contributed by atoms with Crippen LogP contribution in [-0.4, -0.2) is 15.0 Å². The summed E-state index contributed by atoms with van der Waals surface area (Å²) >= 11 is 6.20. The molecule has 3 nitrogen and oxygen atoms in total. The summed E-state index contributed by atoms with van der Waals surface area (Å²) in [5.74, 6) is 1.91. The quantitative estimate of drug-likeness (QED) is 0.240. The van der Waals surface area contributed by atoms with E-state index in [2.05, 4.69) is 42.5 Å². The second-order valence-corrected chi connectivity index (χ2v) is 9.11. The van der Waals surface area contributed by atoms with Gasteiger partial charge in [0.2, 0.25) is 0 Å². The van der Waals surface area contributed by atoms with Crippen molar-refractivity contribution in [2.45, 2.75) is 0 Å². The molecule has 5 aromatic carbocycles. The van der Waals surface area contributed by atoms with Crippen molar-refractivity contribution in [3.8, 4) is 56.4 Å². The van der Waals surface area contributed by atoms with Gasteiger partial charge in [-0.3, -0.25) is 0 Å². The van der Waals surface area contributed by atoms with E-state index in [1.165, 1.54) is 0 Å². The molecular weight excluding hydrogens is 474 g/mol. The van der Waals surface area contributed by atoms with Crippen molar-refractivity contribution in [2.75, 3.05) is 0 Å². The Kier molecular flexibility index (Phi) is 6.28. The van der Waals surface area contributed by atoms with Crippen molar-refractivity contribution in [3.05, 3.63) is 138 Å². The van der Waals surface area contributed by atoms with Gasteiger partial charge < -0.3 is 0 Å². The third-order valence-electron chi connectivity index (χ3n) is 6.22. The summed E-state index contributed by atoms with van der Waals surface area (Å²) in [6.07, 6.45) is 0. The van der Waals surface area contributed by atoms with Gasteiger partial charge in [0.1, 0.15) is 0 Å². The molecule has 0 N–H and O–H groups in total. The molecule has 37 heavy (non-hydrogen) atoms. The molecule has 0 atom stereocenters. The standard InChI is InChI=1S/C33H22ClN3/c34-28-15-9-14-27(22-28)23-18-20-26(21-19-23)32-35-31(25-12-5-2-6-13-25)36-33(37-32)30-17-8-7-16-29(30)24-10-3-1-4-11-24/h1-22H. The normalized spacial score (nSPS) is 10.8. The molecule has 6 rings (SSSR count). The molecule has 0 saturated carbocycles. The van der Waals surface area contributed by atoms with Gasteiger partial charge in [-0.15, -0.1) is 0 Å². The van der Waals surface area contributed by atoms with Crippen LogP contribution in [0, 0.1) is 0 Å². The van der Waals surface area contributed by atoms with Crippen LogP contribution >= 0.6 is 11.6 Å². The Bertz CT molecular complexity index is 1660. The lowest BCUT2D eigenvalue weighted by molar-refractivity contribution is 1.07. The van der Waals surface area contributed by atoms with Crippen LogP contribution in [0.3, 0.4) is 0 Å². The van der Waals surface area contributed by atoms with Gasteiger partial charge in [0.15, 0.2) is 17.5 Å². The molecule has 176 valence electrons. The predicted octanol–water partition coefficient (Wildman–Crippen LogP) is 8.86. The maximum Gasteiger partial charge on any atom is 0.164 e. The Hall–Kier alpha value is -4.60. The summed E-state index contributed by atoms with van der Waals surface area (Å²) in [6.45, 7) is 0. The highest BCUT2D eigenvalue weighted by atomic mass is 35.5. The second-order valence-electron chi connectivity index (χ2n) is 8.67. The van der Waals surface area contributed by atoms with E-state index in [-0.39, 0.29) is 0 Å². The molecule has 0 bridgehead atoms. The molecule has 6 aromatic rings. The van der Waals surface area contributed by atoms with E-state index >= 15 is 0 Å². The smallest absolute Gasteiger partial charge is 0.164 e. The maximum atomic E-state index is 6.20. The highest BCUT2D eigenvalue weighted by Crippen LogP contribution is 2.32. The first-order valence-corrected chi connectivity index (χ1v) is 12.5. The molecule has 1 heterocycles. The van der Waals surface area contributed by atoms with E-state index in [1.807, 2.05) is 91.0 Å². The third-order valence-corrected chi connectivity index (χ3v) is 6.46. The first-order valence-electron chi connectivity index (χ1n) is 12.1. The topological polar surface area (TPSA) is 38.7 Å². The lowest BCUT2D eigenvalue weighted by atomic mass is 9.99. The Balaban J connectivity index is 1.49. The minimum atomic E-state index is 0.629. The molecule has 0 radical (unpaired) electrons. The van der Waals surface area contributed by atoms with E-state index in [0.717, 1.165) is 38.9 Å². The lowest BCUT2D eigenvalue weighted by Crippen LogP contribution is -2.01. The van der Waals surface area contributed by atoms with Crippen molar-refractivity contribution in [3.63, 3.8) is 0 Å². The van der Waals surface area contributed by atoms with Crippen molar-refractivity contribution >= 4 is 11.6 Å². The highest BCUT2D eigenvalue weighted by molar-refractivity contribution is 6.30. The van der Waals surface area contributed by atoms with Gasteiger partial charge in [0, 0.05) is 21.7 Å². The summed E-state index contributed by atoms with van der Waals surface area (Å²) in [6, 6.07) is 44.7. The molecular formula is C33H22ClN3. The maximum absolute atomic E-state index is 6.20. The number of halogens is 1. The third kappa shape index (κ3) is 4.90. The number of hydrogen-bond acceptors (Lipinski definition) is 3. The number of hydrogen-bond donors (Lipinski definition) is 0. The van der Waals surface area contributed by atoms with Gasteiger partial charge in [-0.25, -0.2) is 15.0 Å². The van der Waals surface area contributed by atoms with Gasteiger partial charge >= 0.3 is 0 Å². The SMILES string of the molecule is Clc1cccc(-c2ccc(-c3nc(-c4ccccc4)nc(-c4ccccc4-c4ccccc4)n3)cc2)c1. The number of benzene rings is 5. The fourth-order valence-electron chi connectivity index (χ4n) is 4.37. The van der Waals surface area contributed by atoms with Gasteiger partial charge in [0.25, 0.3) is 0 Å². The Labute approximate surface area is 221 Å². The van der Waals surface area contributed by atoms with E-state index in [9.17, 15) is 0 Å². The fourth-order valence-corrected chi connectivity index (χ4v) is 4.56. The molecule has 0 amide bonds. The van der Waals surface area contributed by atoms with Crippen molar-refractivity contribution in [1.82, 2.24) is 15.0 Å². The first kappa shape index (κ1) is 22.8. The Morgan fingerprint density at radius 3 is 1.49 bits per heavy atom. The van der Waals surface area contributed by atoms with Gasteiger partial charge in [-0.1, -0.05) is 133 Å². The lowest BCUT2D eigenvalue weighted by Gasteiger charge is -2.12. The Morgan fingerprint density at radius 2 is 0.838 bits per heavy atom. The first-order chi connectivity index (χ1) is 18.2. The number of aromatic nitrogens is 3. The summed E-state index contributed by atoms with van der Waals surface area (Å²) in [5.41, 5.74) is 7.17. The number of nitrogens with zero attached hydrogens (tertiary/aromatic N) is 3. The van der Waals surface area contributed by atoms with Crippen LogP contribution in [0.25, 0.3) is 56.4 Å². The minimum Gasteiger partial charge on any atom is -0.208 e. The molecule has 0 aliphatic carbocycles. The zero-order chi connectivity index (χ0) is 25.0. The molecule has 0 spiro atoms. The van der Waals surface area contributed by atoms with E-state index in [1.54, 1.807) is 0 Å². The predicted molar refractivity (Wildman–Crippen MR) is 152 cm³/mol. The summed E-state index contributed by atoms with van der Waals surface area (Å²) in [7, 11) is 0. The van der Waals surface area contributed by atoms with E-state index in [4.69, 9.17) is 26.6 Å². The van der Waals surface area contributed by atoms with E-state index in [0.29, 0.717) is 22.5 Å².